The van der Waals surface area contributed by atoms with E-state index in [1.54, 1.807) is 6.92 Å². The molecule has 1 aromatic rings. The van der Waals surface area contributed by atoms with Gasteiger partial charge in [0.2, 0.25) is 11.8 Å². The fraction of sp³-hybridized carbons (Fsp3) is 0.750. The van der Waals surface area contributed by atoms with Gasteiger partial charge >= 0.3 is 0 Å². The van der Waals surface area contributed by atoms with Crippen LogP contribution >= 0.6 is 0 Å². The molecule has 6 heteroatoms. The lowest BCUT2D eigenvalue weighted by Gasteiger charge is -2.21. The van der Waals surface area contributed by atoms with E-state index < -0.39 is 0 Å². The van der Waals surface area contributed by atoms with Crippen LogP contribution in [0.5, 0.6) is 0 Å². The number of carbonyl (C=O) groups excluding carboxylic acids is 1. The highest BCUT2D eigenvalue weighted by atomic mass is 16.5. The highest BCUT2D eigenvalue weighted by Crippen LogP contribution is 2.23. The Bertz CT molecular complexity index is 441. The van der Waals surface area contributed by atoms with Crippen LogP contribution < -0.4 is 5.32 Å². The van der Waals surface area contributed by atoms with Crippen LogP contribution in [0.3, 0.4) is 0 Å². The number of amides is 1. The summed E-state index contributed by atoms with van der Waals surface area (Å²) in [5.41, 5.74) is 0. The zero-order valence-corrected chi connectivity index (χ0v) is 10.6. The van der Waals surface area contributed by atoms with E-state index >= 15 is 0 Å². The molecular weight excluding hydrogens is 232 g/mol. The van der Waals surface area contributed by atoms with Gasteiger partial charge in [-0.1, -0.05) is 5.16 Å². The second-order valence-corrected chi connectivity index (χ2v) is 5.15. The van der Waals surface area contributed by atoms with Crippen LogP contribution in [-0.4, -0.2) is 39.6 Å². The van der Waals surface area contributed by atoms with Crippen LogP contribution in [0.1, 0.15) is 37.4 Å². The van der Waals surface area contributed by atoms with Crippen molar-refractivity contribution in [3.05, 3.63) is 11.7 Å². The molecule has 0 bridgehead atoms. The predicted octanol–water partition coefficient (Wildman–Crippen LogP) is 0.621. The van der Waals surface area contributed by atoms with Gasteiger partial charge in [0, 0.05) is 6.04 Å². The van der Waals surface area contributed by atoms with E-state index in [9.17, 15) is 4.79 Å². The summed E-state index contributed by atoms with van der Waals surface area (Å²) in [6.07, 6.45) is 4.23. The number of nitrogens with zero attached hydrogens (tertiary/aromatic N) is 3. The van der Waals surface area contributed by atoms with E-state index in [-0.39, 0.29) is 11.9 Å². The minimum Gasteiger partial charge on any atom is -0.352 e. The van der Waals surface area contributed by atoms with Crippen molar-refractivity contribution in [2.45, 2.75) is 51.2 Å². The number of nitrogens with one attached hydrogen (secondary N) is 1. The van der Waals surface area contributed by atoms with Crippen molar-refractivity contribution in [1.29, 1.82) is 0 Å². The molecule has 1 aliphatic carbocycles. The Hall–Kier alpha value is -1.43. The molecule has 3 rings (SSSR count). The van der Waals surface area contributed by atoms with E-state index in [2.05, 4.69) is 20.4 Å². The van der Waals surface area contributed by atoms with Gasteiger partial charge in [-0.3, -0.25) is 9.69 Å². The summed E-state index contributed by atoms with van der Waals surface area (Å²) in [6.45, 7) is 3.29. The average Bonchev–Trinajstić information content (AvgIpc) is 2.87. The molecule has 18 heavy (non-hydrogen) atoms. The van der Waals surface area contributed by atoms with Gasteiger partial charge in [-0.15, -0.1) is 0 Å². The van der Waals surface area contributed by atoms with Crippen molar-refractivity contribution < 1.29 is 9.32 Å². The number of carbonyl (C=O) groups is 1. The minimum atomic E-state index is -0.0298. The molecule has 1 unspecified atom stereocenters. The zero-order chi connectivity index (χ0) is 12.5. The lowest BCUT2D eigenvalue weighted by molar-refractivity contribution is -0.125. The third kappa shape index (κ3) is 2.53. The quantitative estimate of drug-likeness (QED) is 0.848. The summed E-state index contributed by atoms with van der Waals surface area (Å²) < 4.78 is 5.11. The Morgan fingerprint density at radius 2 is 2.33 bits per heavy atom. The molecule has 2 fully saturated rings. The monoisotopic (exact) mass is 250 g/mol. The van der Waals surface area contributed by atoms with E-state index in [1.807, 2.05) is 0 Å². The van der Waals surface area contributed by atoms with Gasteiger partial charge < -0.3 is 9.84 Å². The molecule has 0 aromatic carbocycles. The van der Waals surface area contributed by atoms with Crippen molar-refractivity contribution in [2.24, 2.45) is 0 Å². The molecule has 0 radical (unpaired) electrons. The molecule has 0 spiro atoms. The van der Waals surface area contributed by atoms with Gasteiger partial charge in [0.15, 0.2) is 5.82 Å². The molecule has 2 aliphatic rings. The molecule has 1 saturated carbocycles. The van der Waals surface area contributed by atoms with E-state index in [1.165, 1.54) is 0 Å². The van der Waals surface area contributed by atoms with Gasteiger partial charge in [-0.25, -0.2) is 0 Å². The molecular formula is C12H18N4O2. The molecule has 1 amide bonds. The van der Waals surface area contributed by atoms with Gasteiger partial charge in [0.25, 0.3) is 0 Å². The summed E-state index contributed by atoms with van der Waals surface area (Å²) in [5.74, 6) is 1.40. The number of hydrogen-bond donors (Lipinski definition) is 1. The Morgan fingerprint density at radius 1 is 1.50 bits per heavy atom. The third-order valence-electron chi connectivity index (χ3n) is 3.50. The first-order valence-corrected chi connectivity index (χ1v) is 6.56. The maximum Gasteiger partial charge on any atom is 0.240 e. The molecule has 98 valence electrons. The molecule has 2 heterocycles. The van der Waals surface area contributed by atoms with Crippen LogP contribution in [0.2, 0.25) is 0 Å². The fourth-order valence-electron chi connectivity index (χ4n) is 2.42. The summed E-state index contributed by atoms with van der Waals surface area (Å²) in [6, 6.07) is 0.392. The summed E-state index contributed by atoms with van der Waals surface area (Å²) in [4.78, 5) is 18.4. The summed E-state index contributed by atoms with van der Waals surface area (Å²) in [7, 11) is 0. The number of aryl methyl sites for hydroxylation is 1. The highest BCUT2D eigenvalue weighted by Gasteiger charge is 2.34. The minimum absolute atomic E-state index is 0.0298. The Kier molecular flexibility index (Phi) is 3.03. The molecule has 1 saturated heterocycles. The predicted molar refractivity (Wildman–Crippen MR) is 63.6 cm³/mol. The Morgan fingerprint density at radius 3 is 3.00 bits per heavy atom. The summed E-state index contributed by atoms with van der Waals surface area (Å²) in [5, 5.41) is 6.84. The van der Waals surface area contributed by atoms with E-state index in [0.29, 0.717) is 24.3 Å². The van der Waals surface area contributed by atoms with Crippen molar-refractivity contribution in [3.63, 3.8) is 0 Å². The lowest BCUT2D eigenvalue weighted by Crippen LogP contribution is -2.43. The van der Waals surface area contributed by atoms with Gasteiger partial charge in [0.05, 0.1) is 12.6 Å². The van der Waals surface area contributed by atoms with Gasteiger partial charge in [-0.05, 0) is 39.2 Å². The van der Waals surface area contributed by atoms with Gasteiger partial charge in [0.1, 0.15) is 0 Å². The number of aromatic nitrogens is 2. The van der Waals surface area contributed by atoms with Crippen LogP contribution in [0.4, 0.5) is 0 Å². The molecule has 1 N–H and O–H groups in total. The summed E-state index contributed by atoms with van der Waals surface area (Å²) >= 11 is 0. The second-order valence-electron chi connectivity index (χ2n) is 5.15. The Labute approximate surface area is 106 Å². The van der Waals surface area contributed by atoms with Crippen LogP contribution in [-0.2, 0) is 11.3 Å². The second kappa shape index (κ2) is 4.68. The molecule has 1 aromatic heterocycles. The zero-order valence-electron chi connectivity index (χ0n) is 10.6. The van der Waals surface area contributed by atoms with E-state index in [0.717, 1.165) is 32.2 Å². The fourth-order valence-corrected chi connectivity index (χ4v) is 2.42. The first kappa shape index (κ1) is 11.6. The average molecular weight is 250 g/mol. The number of rotatable bonds is 4. The van der Waals surface area contributed by atoms with Crippen LogP contribution in [0, 0.1) is 6.92 Å². The molecule has 1 atom stereocenters. The third-order valence-corrected chi connectivity index (χ3v) is 3.50. The number of likely N-dealkylation sites (tertiary alicyclic amines) is 1. The first-order valence-electron chi connectivity index (χ1n) is 6.56. The molecule has 6 nitrogen and oxygen atoms in total. The normalized spacial score (nSPS) is 24.4. The Balaban J connectivity index is 1.61. The van der Waals surface area contributed by atoms with Gasteiger partial charge in [-0.2, -0.15) is 4.98 Å². The van der Waals surface area contributed by atoms with Crippen molar-refractivity contribution in [3.8, 4) is 0 Å². The van der Waals surface area contributed by atoms with Crippen LogP contribution in [0.15, 0.2) is 4.52 Å². The first-order chi connectivity index (χ1) is 8.72. The standard InChI is InChI=1S/C12H18N4O2/c1-8-13-11(18-15-8)7-16-6-2-3-10(16)12(17)14-9-4-5-9/h9-10H,2-7H2,1H3,(H,14,17). The maximum atomic E-state index is 12.1. The SMILES string of the molecule is Cc1noc(CN2CCCC2C(=O)NC2CC2)n1. The molecule has 1 aliphatic heterocycles. The maximum absolute atomic E-state index is 12.1. The lowest BCUT2D eigenvalue weighted by atomic mass is 10.2. The number of hydrogen-bond acceptors (Lipinski definition) is 5. The van der Waals surface area contributed by atoms with Crippen LogP contribution in [0.25, 0.3) is 0 Å². The van der Waals surface area contributed by atoms with Crippen molar-refractivity contribution in [2.75, 3.05) is 6.54 Å². The van der Waals surface area contributed by atoms with E-state index in [4.69, 9.17) is 4.52 Å². The topological polar surface area (TPSA) is 71.3 Å². The highest BCUT2D eigenvalue weighted by molar-refractivity contribution is 5.82. The smallest absolute Gasteiger partial charge is 0.240 e. The van der Waals surface area contributed by atoms with Crippen molar-refractivity contribution in [1.82, 2.24) is 20.4 Å². The largest absolute Gasteiger partial charge is 0.352 e. The van der Waals surface area contributed by atoms with Crippen molar-refractivity contribution >= 4 is 5.91 Å².